The number of pyridine rings is 1. The Morgan fingerprint density at radius 2 is 2.02 bits per heavy atom. The fraction of sp³-hybridized carbons (Fsp3) is 0.103. The molecular weight excluding hydrogens is 604 g/mol. The maximum Gasteiger partial charge on any atom is 0.511 e. The van der Waals surface area contributed by atoms with Gasteiger partial charge in [0.25, 0.3) is 5.56 Å². The summed E-state index contributed by atoms with van der Waals surface area (Å²) >= 11 is 6.21. The van der Waals surface area contributed by atoms with Gasteiger partial charge in [0.2, 0.25) is 5.91 Å². The summed E-state index contributed by atoms with van der Waals surface area (Å²) in [4.78, 5) is 46.8. The summed E-state index contributed by atoms with van der Waals surface area (Å²) in [6.07, 6.45) is 6.61. The van der Waals surface area contributed by atoms with Crippen molar-refractivity contribution in [2.75, 3.05) is 0 Å². The summed E-state index contributed by atoms with van der Waals surface area (Å²) in [6.45, 7) is 0. The van der Waals surface area contributed by atoms with Crippen molar-refractivity contribution in [3.8, 4) is 22.7 Å². The number of nitrogens with zero attached hydrogens (tertiary/aromatic N) is 7. The molecule has 0 saturated carbocycles. The van der Waals surface area contributed by atoms with Crippen LogP contribution in [0.25, 0.3) is 33.9 Å². The third kappa shape index (κ3) is 6.62. The van der Waals surface area contributed by atoms with Crippen LogP contribution in [0, 0.1) is 0 Å². The molecule has 6 rings (SSSR count). The Morgan fingerprint density at radius 3 is 2.78 bits per heavy atom. The number of amides is 1. The summed E-state index contributed by atoms with van der Waals surface area (Å²) in [5.74, 6) is -0.0439. The number of carbonyl (C=O) groups excluding carboxylic acids is 1. The summed E-state index contributed by atoms with van der Waals surface area (Å²) in [7, 11) is 1.80. The Hall–Kier alpha value is -6.09. The van der Waals surface area contributed by atoms with Gasteiger partial charge in [-0.05, 0) is 52.9 Å². The zero-order valence-corrected chi connectivity index (χ0v) is 24.1. The Bertz CT molecular complexity index is 2120. The second-order valence-electron chi connectivity index (χ2n) is 9.85. The van der Waals surface area contributed by atoms with E-state index >= 15 is 0 Å². The van der Waals surface area contributed by atoms with Crippen molar-refractivity contribution < 1.29 is 19.4 Å². The lowest BCUT2D eigenvalue weighted by atomic mass is 10.1. The summed E-state index contributed by atoms with van der Waals surface area (Å²) in [6, 6.07) is 12.5. The molecule has 4 N–H and O–H groups in total. The number of imidazole rings is 1. The van der Waals surface area contributed by atoms with E-state index in [0.29, 0.717) is 50.7 Å². The average molecular weight is 627 g/mol. The van der Waals surface area contributed by atoms with Crippen LogP contribution >= 0.6 is 11.6 Å². The Labute approximate surface area is 258 Å². The van der Waals surface area contributed by atoms with Crippen molar-refractivity contribution in [3.05, 3.63) is 106 Å². The fourth-order valence-electron chi connectivity index (χ4n) is 4.75. The molecule has 226 valence electrons. The highest BCUT2D eigenvalue weighted by Crippen LogP contribution is 2.29. The minimum absolute atomic E-state index is 0.0992. The fourth-order valence-corrected chi connectivity index (χ4v) is 4.93. The minimum atomic E-state index is -1.54. The van der Waals surface area contributed by atoms with Crippen LogP contribution in [-0.4, -0.2) is 62.1 Å². The van der Waals surface area contributed by atoms with E-state index in [2.05, 4.69) is 40.9 Å². The topological polar surface area (TPSA) is 199 Å². The number of benzene rings is 2. The predicted molar refractivity (Wildman–Crippen MR) is 162 cm³/mol. The van der Waals surface area contributed by atoms with E-state index in [-0.39, 0.29) is 5.75 Å². The first kappa shape index (κ1) is 29.0. The molecule has 0 unspecified atom stereocenters. The van der Waals surface area contributed by atoms with Gasteiger partial charge in [-0.2, -0.15) is 9.78 Å². The number of nitrogens with one attached hydrogen (secondary N) is 3. The third-order valence-electron chi connectivity index (χ3n) is 6.74. The zero-order valence-electron chi connectivity index (χ0n) is 23.4. The summed E-state index contributed by atoms with van der Waals surface area (Å²) < 4.78 is 7.96. The second kappa shape index (κ2) is 12.3. The van der Waals surface area contributed by atoms with Crippen LogP contribution in [0.1, 0.15) is 23.1 Å². The van der Waals surface area contributed by atoms with Gasteiger partial charge in [-0.3, -0.25) is 14.3 Å². The van der Waals surface area contributed by atoms with Crippen molar-refractivity contribution in [2.45, 2.75) is 12.5 Å². The highest BCUT2D eigenvalue weighted by atomic mass is 35.5. The number of aryl methyl sites for hydroxylation is 1. The molecule has 0 aliphatic heterocycles. The van der Waals surface area contributed by atoms with Gasteiger partial charge < -0.3 is 25.1 Å². The molecule has 16 heteroatoms. The Morgan fingerprint density at radius 1 is 1.16 bits per heavy atom. The standard InChI is InChI=1S/C29H23ClN10O5/c1-39-9-8-19(36-39)12-22(34-26(41)7-3-17-10-18(30)4-6-24(17)40-15-32-37-38-40)28-31-14-23(35-28)16-2-5-21-20(11-16)25(45-29(43)44)13-27(42)33-21/h2-11,13-15,22H,12H2,1H3,(H,31,35)(H,33,42)(H,34,41)(H,43,44)/b7-3+/t22-/m0/s1. The predicted octanol–water partition coefficient (Wildman–Crippen LogP) is 3.45. The molecular formula is C29H23ClN10O5. The highest BCUT2D eigenvalue weighted by Gasteiger charge is 2.20. The molecule has 4 heterocycles. The molecule has 0 radical (unpaired) electrons. The van der Waals surface area contributed by atoms with Crippen LogP contribution in [0.5, 0.6) is 5.75 Å². The molecule has 0 aliphatic carbocycles. The van der Waals surface area contributed by atoms with Crippen LogP contribution in [0.3, 0.4) is 0 Å². The van der Waals surface area contributed by atoms with Crippen LogP contribution in [0.4, 0.5) is 4.79 Å². The first-order chi connectivity index (χ1) is 21.7. The molecule has 6 aromatic rings. The number of aromatic amines is 2. The molecule has 2 aromatic carbocycles. The number of H-pyrrole nitrogens is 2. The van der Waals surface area contributed by atoms with E-state index in [1.807, 2.05) is 6.07 Å². The van der Waals surface area contributed by atoms with E-state index in [0.717, 1.165) is 11.8 Å². The molecule has 0 bridgehead atoms. The van der Waals surface area contributed by atoms with Gasteiger partial charge in [-0.25, -0.2) is 9.78 Å². The molecule has 1 atom stereocenters. The third-order valence-corrected chi connectivity index (χ3v) is 6.97. The maximum absolute atomic E-state index is 13.2. The second-order valence-corrected chi connectivity index (χ2v) is 10.3. The number of aromatic nitrogens is 9. The van der Waals surface area contributed by atoms with Gasteiger partial charge in [0.1, 0.15) is 17.9 Å². The molecule has 15 nitrogen and oxygen atoms in total. The lowest BCUT2D eigenvalue weighted by Crippen LogP contribution is -2.29. The van der Waals surface area contributed by atoms with Gasteiger partial charge in [0, 0.05) is 53.3 Å². The number of hydrogen-bond acceptors (Lipinski definition) is 9. The SMILES string of the molecule is Cn1ccc(C[C@H](NC(=O)/C=C/c2cc(Cl)ccc2-n2cnnn2)c2ncc(-c3ccc4[nH]c(=O)cc(OC(=O)O)c4c3)[nH]2)n1. The number of carboxylic acid groups (broad SMARTS) is 1. The quantitative estimate of drug-likeness (QED) is 0.136. The van der Waals surface area contributed by atoms with Crippen molar-refractivity contribution in [3.63, 3.8) is 0 Å². The van der Waals surface area contributed by atoms with Crippen molar-refractivity contribution in [2.24, 2.45) is 7.05 Å². The van der Waals surface area contributed by atoms with E-state index in [4.69, 9.17) is 21.4 Å². The number of fused-ring (bicyclic) bond motifs is 1. The van der Waals surface area contributed by atoms with Crippen molar-refractivity contribution in [1.29, 1.82) is 0 Å². The number of carbonyl (C=O) groups is 2. The van der Waals surface area contributed by atoms with Crippen LogP contribution in [0.2, 0.25) is 5.02 Å². The lowest BCUT2D eigenvalue weighted by molar-refractivity contribution is -0.117. The first-order valence-electron chi connectivity index (χ1n) is 13.3. The zero-order chi connectivity index (χ0) is 31.5. The number of ether oxygens (including phenoxy) is 1. The monoisotopic (exact) mass is 626 g/mol. The van der Waals surface area contributed by atoms with Crippen LogP contribution in [-0.2, 0) is 18.3 Å². The normalized spacial score (nSPS) is 12.0. The smallest absolute Gasteiger partial charge is 0.449 e. The molecule has 0 saturated heterocycles. The molecule has 4 aromatic heterocycles. The van der Waals surface area contributed by atoms with E-state index < -0.39 is 23.7 Å². The Kier molecular flexibility index (Phi) is 7.90. The van der Waals surface area contributed by atoms with Gasteiger partial charge in [-0.1, -0.05) is 17.7 Å². The van der Waals surface area contributed by atoms with Crippen molar-refractivity contribution >= 4 is 40.6 Å². The number of tetrazole rings is 1. The molecule has 1 amide bonds. The lowest BCUT2D eigenvalue weighted by Gasteiger charge is -2.15. The largest absolute Gasteiger partial charge is 0.511 e. The minimum Gasteiger partial charge on any atom is -0.449 e. The van der Waals surface area contributed by atoms with Gasteiger partial charge >= 0.3 is 6.16 Å². The maximum atomic E-state index is 13.2. The first-order valence-corrected chi connectivity index (χ1v) is 13.7. The van der Waals surface area contributed by atoms with Crippen LogP contribution in [0.15, 0.2) is 78.1 Å². The summed E-state index contributed by atoms with van der Waals surface area (Å²) in [5, 5.41) is 28.7. The van der Waals surface area contributed by atoms with E-state index in [1.165, 1.54) is 17.1 Å². The van der Waals surface area contributed by atoms with Gasteiger partial charge in [0.15, 0.2) is 0 Å². The number of hydrogen-bond donors (Lipinski definition) is 4. The molecule has 45 heavy (non-hydrogen) atoms. The molecule has 0 spiro atoms. The van der Waals surface area contributed by atoms with Crippen LogP contribution < -0.4 is 15.6 Å². The highest BCUT2D eigenvalue weighted by molar-refractivity contribution is 6.30. The van der Waals surface area contributed by atoms with Gasteiger partial charge in [0.05, 0.1) is 34.8 Å². The molecule has 0 aliphatic rings. The summed E-state index contributed by atoms with van der Waals surface area (Å²) in [5.41, 5.74) is 3.10. The number of rotatable bonds is 9. The van der Waals surface area contributed by atoms with Gasteiger partial charge in [-0.15, -0.1) is 5.10 Å². The van der Waals surface area contributed by atoms with E-state index in [9.17, 15) is 14.4 Å². The van der Waals surface area contributed by atoms with Crippen molar-refractivity contribution in [1.82, 2.24) is 50.3 Å². The van der Waals surface area contributed by atoms with E-state index in [1.54, 1.807) is 66.6 Å². The average Bonchev–Trinajstić information content (AvgIpc) is 3.78. The Balaban J connectivity index is 1.29. The number of halogens is 1. The molecule has 0 fully saturated rings.